The third-order valence-electron chi connectivity index (χ3n) is 3.74. The Morgan fingerprint density at radius 3 is 2.74 bits per heavy atom. The number of halogens is 1. The van der Waals surface area contributed by atoms with E-state index in [0.717, 1.165) is 30.7 Å². The van der Waals surface area contributed by atoms with Gasteiger partial charge in [-0.05, 0) is 37.3 Å². The second-order valence-electron chi connectivity index (χ2n) is 5.33. The van der Waals surface area contributed by atoms with E-state index < -0.39 is 16.0 Å². The Kier molecular flexibility index (Phi) is 7.47. The summed E-state index contributed by atoms with van der Waals surface area (Å²) in [5.74, 6) is -0.599. The molecule has 1 aliphatic rings. The van der Waals surface area contributed by atoms with E-state index in [9.17, 15) is 13.2 Å². The quantitative estimate of drug-likeness (QED) is 0.762. The fourth-order valence-corrected chi connectivity index (χ4v) is 6.12. The van der Waals surface area contributed by atoms with Crippen LogP contribution >= 0.6 is 23.7 Å². The van der Waals surface area contributed by atoms with Crippen LogP contribution in [0.25, 0.3) is 0 Å². The molecule has 2 rings (SSSR count). The Morgan fingerprint density at radius 2 is 2.22 bits per heavy atom. The van der Waals surface area contributed by atoms with Gasteiger partial charge < -0.3 is 10.1 Å². The second-order valence-corrected chi connectivity index (χ2v) is 8.04. The first-order valence-electron chi connectivity index (χ1n) is 7.32. The molecule has 1 saturated heterocycles. The van der Waals surface area contributed by atoms with E-state index in [-0.39, 0.29) is 28.2 Å². The summed E-state index contributed by atoms with van der Waals surface area (Å²) in [6, 6.07) is -0.0604. The van der Waals surface area contributed by atoms with Gasteiger partial charge in [-0.2, -0.15) is 4.31 Å². The zero-order valence-corrected chi connectivity index (χ0v) is 15.9. The number of carbonyl (C=O) groups excluding carboxylic acids is 1. The Bertz CT molecular complexity index is 639. The number of sulfonamides is 1. The highest BCUT2D eigenvalue weighted by atomic mass is 35.5. The Balaban J connectivity index is 0.00000264. The van der Waals surface area contributed by atoms with E-state index in [1.807, 2.05) is 6.92 Å². The van der Waals surface area contributed by atoms with E-state index in [1.165, 1.54) is 11.4 Å². The summed E-state index contributed by atoms with van der Waals surface area (Å²) < 4.78 is 32.5. The normalized spacial score (nSPS) is 18.0. The average Bonchev–Trinajstić information content (AvgIpc) is 3.13. The topological polar surface area (TPSA) is 75.7 Å². The van der Waals surface area contributed by atoms with E-state index in [1.54, 1.807) is 12.3 Å². The summed E-state index contributed by atoms with van der Waals surface area (Å²) in [5, 5.41) is 4.89. The third kappa shape index (κ3) is 4.06. The first-order valence-corrected chi connectivity index (χ1v) is 9.64. The van der Waals surface area contributed by atoms with Crippen LogP contribution in [-0.2, 0) is 14.8 Å². The lowest BCUT2D eigenvalue weighted by atomic mass is 10.2. The number of carbonyl (C=O) groups is 1. The Hall–Kier alpha value is -0.670. The molecule has 2 heterocycles. The van der Waals surface area contributed by atoms with Gasteiger partial charge in [0.05, 0.1) is 7.11 Å². The van der Waals surface area contributed by atoms with Crippen molar-refractivity contribution in [1.29, 1.82) is 0 Å². The van der Waals surface area contributed by atoms with Crippen molar-refractivity contribution in [2.45, 2.75) is 37.6 Å². The molecule has 1 unspecified atom stereocenters. The van der Waals surface area contributed by atoms with E-state index in [0.29, 0.717) is 18.7 Å². The number of aryl methyl sites for hydroxylation is 1. The number of ether oxygens (including phenoxy) is 1. The van der Waals surface area contributed by atoms with Crippen LogP contribution in [0.5, 0.6) is 0 Å². The van der Waals surface area contributed by atoms with Crippen LogP contribution in [0.4, 0.5) is 0 Å². The van der Waals surface area contributed by atoms with Gasteiger partial charge in [-0.25, -0.2) is 13.2 Å². The number of nitrogens with one attached hydrogen (secondary N) is 1. The minimum absolute atomic E-state index is 0. The maximum atomic E-state index is 13.1. The number of hydrogen-bond acceptors (Lipinski definition) is 6. The minimum atomic E-state index is -3.72. The Morgan fingerprint density at radius 1 is 1.52 bits per heavy atom. The lowest BCUT2D eigenvalue weighted by molar-refractivity contribution is 0.0602. The number of hydrogen-bond donors (Lipinski definition) is 1. The summed E-state index contributed by atoms with van der Waals surface area (Å²) >= 11 is 1.12. The molecule has 132 valence electrons. The van der Waals surface area contributed by atoms with Crippen LogP contribution in [0.15, 0.2) is 10.3 Å². The molecule has 1 fully saturated rings. The molecule has 1 atom stereocenters. The summed E-state index contributed by atoms with van der Waals surface area (Å²) in [6.45, 7) is 5.58. The van der Waals surface area contributed by atoms with Gasteiger partial charge in [-0.15, -0.1) is 23.7 Å². The van der Waals surface area contributed by atoms with Crippen molar-refractivity contribution in [2.24, 2.45) is 0 Å². The van der Waals surface area contributed by atoms with E-state index in [4.69, 9.17) is 4.74 Å². The predicted octanol–water partition coefficient (Wildman–Crippen LogP) is 2.03. The minimum Gasteiger partial charge on any atom is -0.465 e. The molecule has 23 heavy (non-hydrogen) atoms. The standard InChI is InChI=1S/C14H22N2O4S2.ClH/c1-4-7-16(11-5-6-15-8-11)22(18,19)13-10(2)9-21-12(13)14(17)20-3;/h9,11,15H,4-8H2,1-3H3;1H. The third-order valence-corrected chi connectivity index (χ3v) is 7.09. The maximum absolute atomic E-state index is 13.1. The fraction of sp³-hybridized carbons (Fsp3) is 0.643. The number of rotatable bonds is 6. The highest BCUT2D eigenvalue weighted by molar-refractivity contribution is 7.89. The van der Waals surface area contributed by atoms with Crippen LogP contribution in [0.1, 0.15) is 35.0 Å². The molecule has 1 N–H and O–H groups in total. The summed E-state index contributed by atoms with van der Waals surface area (Å²) in [4.78, 5) is 12.1. The monoisotopic (exact) mass is 382 g/mol. The molecule has 0 spiro atoms. The largest absolute Gasteiger partial charge is 0.465 e. The van der Waals surface area contributed by atoms with Crippen molar-refractivity contribution in [1.82, 2.24) is 9.62 Å². The van der Waals surface area contributed by atoms with Crippen LogP contribution in [0.3, 0.4) is 0 Å². The molecule has 1 aromatic heterocycles. The highest BCUT2D eigenvalue weighted by Gasteiger charge is 2.37. The molecule has 1 aromatic rings. The first kappa shape index (κ1) is 20.4. The van der Waals surface area contributed by atoms with Gasteiger partial charge in [-0.3, -0.25) is 0 Å². The van der Waals surface area contributed by atoms with Crippen LogP contribution in [0, 0.1) is 6.92 Å². The van der Waals surface area contributed by atoms with E-state index in [2.05, 4.69) is 5.32 Å². The summed E-state index contributed by atoms with van der Waals surface area (Å²) in [6.07, 6.45) is 1.52. The maximum Gasteiger partial charge on any atom is 0.349 e. The highest BCUT2D eigenvalue weighted by Crippen LogP contribution is 2.32. The lowest BCUT2D eigenvalue weighted by Crippen LogP contribution is -2.42. The molecular weight excluding hydrogens is 360 g/mol. The lowest BCUT2D eigenvalue weighted by Gasteiger charge is -2.27. The van der Waals surface area contributed by atoms with Gasteiger partial charge >= 0.3 is 5.97 Å². The fourth-order valence-electron chi connectivity index (χ4n) is 2.71. The number of nitrogens with zero attached hydrogens (tertiary/aromatic N) is 1. The molecule has 9 heteroatoms. The number of esters is 1. The van der Waals surface area contributed by atoms with Crippen molar-refractivity contribution < 1.29 is 17.9 Å². The number of methoxy groups -OCH3 is 1. The molecule has 0 aliphatic carbocycles. The van der Waals surface area contributed by atoms with Crippen LogP contribution in [0.2, 0.25) is 0 Å². The molecule has 0 saturated carbocycles. The Labute approximate surface area is 147 Å². The molecule has 6 nitrogen and oxygen atoms in total. The zero-order chi connectivity index (χ0) is 16.3. The van der Waals surface area contributed by atoms with Crippen LogP contribution in [-0.4, -0.2) is 51.5 Å². The van der Waals surface area contributed by atoms with Crippen molar-refractivity contribution in [3.05, 3.63) is 15.8 Å². The van der Waals surface area contributed by atoms with Crippen molar-refractivity contribution in [2.75, 3.05) is 26.7 Å². The molecule has 0 bridgehead atoms. The second kappa shape index (κ2) is 8.43. The molecule has 0 aromatic carbocycles. The van der Waals surface area contributed by atoms with Crippen molar-refractivity contribution in [3.8, 4) is 0 Å². The van der Waals surface area contributed by atoms with Gasteiger partial charge in [0.2, 0.25) is 10.0 Å². The van der Waals surface area contributed by atoms with Gasteiger partial charge in [-0.1, -0.05) is 6.92 Å². The molecule has 1 aliphatic heterocycles. The molecule has 0 amide bonds. The first-order chi connectivity index (χ1) is 10.4. The van der Waals surface area contributed by atoms with E-state index >= 15 is 0 Å². The van der Waals surface area contributed by atoms with Gasteiger partial charge in [0.25, 0.3) is 0 Å². The van der Waals surface area contributed by atoms with Gasteiger partial charge in [0.1, 0.15) is 9.77 Å². The average molecular weight is 383 g/mol. The van der Waals surface area contributed by atoms with Crippen molar-refractivity contribution in [3.63, 3.8) is 0 Å². The summed E-state index contributed by atoms with van der Waals surface area (Å²) in [5.41, 5.74) is 0.595. The zero-order valence-electron chi connectivity index (χ0n) is 13.5. The predicted molar refractivity (Wildman–Crippen MR) is 93.1 cm³/mol. The molecule has 0 radical (unpaired) electrons. The van der Waals surface area contributed by atoms with Gasteiger partial charge in [0, 0.05) is 19.1 Å². The number of thiophene rings is 1. The van der Waals surface area contributed by atoms with Crippen LogP contribution < -0.4 is 5.32 Å². The van der Waals surface area contributed by atoms with Crippen molar-refractivity contribution >= 4 is 39.7 Å². The summed E-state index contributed by atoms with van der Waals surface area (Å²) in [7, 11) is -2.45. The van der Waals surface area contributed by atoms with Gasteiger partial charge in [0.15, 0.2) is 0 Å². The SMILES string of the molecule is CCCN(C1CCNC1)S(=O)(=O)c1c(C)csc1C(=O)OC.Cl. The smallest absolute Gasteiger partial charge is 0.349 e. The molecular formula is C14H23ClN2O4S2.